The molecule has 1 atom stereocenters. The molecule has 1 unspecified atom stereocenters. The van der Waals surface area contributed by atoms with E-state index in [-0.39, 0.29) is 11.9 Å². The molecule has 0 aliphatic carbocycles. The Morgan fingerprint density at radius 2 is 2.19 bits per heavy atom. The summed E-state index contributed by atoms with van der Waals surface area (Å²) in [6.45, 7) is 5.74. The maximum absolute atomic E-state index is 11.5. The minimum atomic E-state index is -0.424. The van der Waals surface area contributed by atoms with E-state index < -0.39 is 6.04 Å². The summed E-state index contributed by atoms with van der Waals surface area (Å²) in [6.07, 6.45) is 1.65. The second-order valence-electron chi connectivity index (χ2n) is 3.91. The number of hydrogen-bond acceptors (Lipinski definition) is 5. The van der Waals surface area contributed by atoms with Crippen LogP contribution in [0.1, 0.15) is 19.5 Å². The van der Waals surface area contributed by atoms with Crippen molar-refractivity contribution in [1.29, 1.82) is 0 Å². The Bertz CT molecular complexity index is 366. The Balaban J connectivity index is 2.79. The molecule has 0 fully saturated rings. The van der Waals surface area contributed by atoms with Crippen molar-refractivity contribution in [2.45, 2.75) is 26.8 Å². The quantitative estimate of drug-likeness (QED) is 0.781. The Kier molecular flexibility index (Phi) is 4.22. The van der Waals surface area contributed by atoms with E-state index in [0.717, 1.165) is 5.69 Å². The third kappa shape index (κ3) is 3.18. The second kappa shape index (κ2) is 5.44. The number of rotatable bonds is 4. The average molecular weight is 223 g/mol. The normalized spacial score (nSPS) is 12.3. The van der Waals surface area contributed by atoms with Crippen molar-refractivity contribution >= 4 is 11.9 Å². The van der Waals surface area contributed by atoms with Crippen LogP contribution >= 0.6 is 0 Å². The van der Waals surface area contributed by atoms with Gasteiger partial charge >= 0.3 is 5.97 Å². The molecule has 0 bridgehead atoms. The lowest BCUT2D eigenvalue weighted by atomic mass is 10.1. The topological polar surface area (TPSA) is 64.1 Å². The maximum Gasteiger partial charge on any atom is 0.328 e. The number of carbonyl (C=O) groups is 1. The van der Waals surface area contributed by atoms with Crippen LogP contribution in [-0.2, 0) is 9.53 Å². The van der Waals surface area contributed by atoms with Crippen LogP contribution in [0.15, 0.2) is 12.3 Å². The molecule has 1 heterocycles. The van der Waals surface area contributed by atoms with Gasteiger partial charge in [0.15, 0.2) is 0 Å². The van der Waals surface area contributed by atoms with Crippen LogP contribution in [0.5, 0.6) is 0 Å². The van der Waals surface area contributed by atoms with Gasteiger partial charge in [0, 0.05) is 11.9 Å². The van der Waals surface area contributed by atoms with Gasteiger partial charge in [-0.1, -0.05) is 13.8 Å². The van der Waals surface area contributed by atoms with Gasteiger partial charge in [-0.15, -0.1) is 0 Å². The summed E-state index contributed by atoms with van der Waals surface area (Å²) in [5.41, 5.74) is 0.852. The van der Waals surface area contributed by atoms with Crippen LogP contribution in [0.25, 0.3) is 0 Å². The fourth-order valence-corrected chi connectivity index (χ4v) is 1.28. The van der Waals surface area contributed by atoms with Crippen LogP contribution in [0.4, 0.5) is 5.95 Å². The number of carbonyl (C=O) groups excluding carboxylic acids is 1. The first kappa shape index (κ1) is 12.4. The number of methoxy groups -OCH3 is 1. The number of esters is 1. The highest BCUT2D eigenvalue weighted by Gasteiger charge is 2.23. The SMILES string of the molecule is COC(=O)C(Nc1nccc(C)n1)C(C)C. The van der Waals surface area contributed by atoms with E-state index >= 15 is 0 Å². The number of ether oxygens (including phenoxy) is 1. The Hall–Kier alpha value is -1.65. The second-order valence-corrected chi connectivity index (χ2v) is 3.91. The number of aromatic nitrogens is 2. The van der Waals surface area contributed by atoms with Gasteiger partial charge in [0.1, 0.15) is 6.04 Å². The summed E-state index contributed by atoms with van der Waals surface area (Å²) in [7, 11) is 1.37. The van der Waals surface area contributed by atoms with Gasteiger partial charge in [-0.3, -0.25) is 0 Å². The van der Waals surface area contributed by atoms with Gasteiger partial charge in [-0.2, -0.15) is 0 Å². The number of aryl methyl sites for hydroxylation is 1. The molecule has 0 aliphatic heterocycles. The fourth-order valence-electron chi connectivity index (χ4n) is 1.28. The lowest BCUT2D eigenvalue weighted by Gasteiger charge is -2.19. The van der Waals surface area contributed by atoms with E-state index in [9.17, 15) is 4.79 Å². The summed E-state index contributed by atoms with van der Waals surface area (Å²) in [4.78, 5) is 19.7. The largest absolute Gasteiger partial charge is 0.467 e. The third-order valence-corrected chi connectivity index (χ3v) is 2.20. The zero-order valence-corrected chi connectivity index (χ0v) is 10.0. The Morgan fingerprint density at radius 3 is 2.69 bits per heavy atom. The van der Waals surface area contributed by atoms with Crippen LogP contribution in [-0.4, -0.2) is 29.1 Å². The van der Waals surface area contributed by atoms with E-state index in [1.807, 2.05) is 20.8 Å². The molecular weight excluding hydrogens is 206 g/mol. The summed E-state index contributed by atoms with van der Waals surface area (Å²) >= 11 is 0. The molecule has 0 radical (unpaired) electrons. The molecule has 1 rings (SSSR count). The standard InChI is InChI=1S/C11H17N3O2/c1-7(2)9(10(15)16-4)14-11-12-6-5-8(3)13-11/h5-7,9H,1-4H3,(H,12,13,14). The van der Waals surface area contributed by atoms with Crippen molar-refractivity contribution in [2.24, 2.45) is 5.92 Å². The lowest BCUT2D eigenvalue weighted by molar-refractivity contribution is -0.142. The summed E-state index contributed by atoms with van der Waals surface area (Å²) in [5.74, 6) is 0.251. The zero-order chi connectivity index (χ0) is 12.1. The molecule has 1 aromatic heterocycles. The Labute approximate surface area is 95.3 Å². The predicted octanol–water partition coefficient (Wildman–Crippen LogP) is 1.39. The van der Waals surface area contributed by atoms with Gasteiger partial charge in [0.2, 0.25) is 5.95 Å². The fraction of sp³-hybridized carbons (Fsp3) is 0.545. The lowest BCUT2D eigenvalue weighted by Crippen LogP contribution is -2.36. The number of anilines is 1. The smallest absolute Gasteiger partial charge is 0.328 e. The summed E-state index contributed by atoms with van der Waals surface area (Å²) < 4.78 is 4.72. The van der Waals surface area contributed by atoms with E-state index in [1.54, 1.807) is 12.3 Å². The molecule has 1 N–H and O–H groups in total. The Morgan fingerprint density at radius 1 is 1.50 bits per heavy atom. The molecule has 5 nitrogen and oxygen atoms in total. The van der Waals surface area contributed by atoms with Gasteiger partial charge in [-0.25, -0.2) is 14.8 Å². The molecule has 0 amide bonds. The highest BCUT2D eigenvalue weighted by atomic mass is 16.5. The van der Waals surface area contributed by atoms with Crippen molar-refractivity contribution in [2.75, 3.05) is 12.4 Å². The zero-order valence-electron chi connectivity index (χ0n) is 10.0. The number of nitrogens with zero attached hydrogens (tertiary/aromatic N) is 2. The molecule has 0 saturated heterocycles. The highest BCUT2D eigenvalue weighted by Crippen LogP contribution is 2.10. The van der Waals surface area contributed by atoms with E-state index in [0.29, 0.717) is 5.95 Å². The monoisotopic (exact) mass is 223 g/mol. The van der Waals surface area contributed by atoms with Crippen molar-refractivity contribution < 1.29 is 9.53 Å². The van der Waals surface area contributed by atoms with Crippen molar-refractivity contribution in [3.8, 4) is 0 Å². The highest BCUT2D eigenvalue weighted by molar-refractivity contribution is 5.78. The van der Waals surface area contributed by atoms with Crippen LogP contribution in [0, 0.1) is 12.8 Å². The molecule has 0 spiro atoms. The summed E-state index contributed by atoms with van der Waals surface area (Å²) in [5, 5.41) is 2.97. The minimum Gasteiger partial charge on any atom is -0.467 e. The average Bonchev–Trinajstić information content (AvgIpc) is 2.24. The molecular formula is C11H17N3O2. The first-order valence-electron chi connectivity index (χ1n) is 5.18. The molecule has 0 aromatic carbocycles. The maximum atomic E-state index is 11.5. The van der Waals surface area contributed by atoms with Gasteiger partial charge in [-0.05, 0) is 18.9 Å². The van der Waals surface area contributed by atoms with Crippen molar-refractivity contribution in [3.63, 3.8) is 0 Å². The van der Waals surface area contributed by atoms with E-state index in [2.05, 4.69) is 15.3 Å². The van der Waals surface area contributed by atoms with E-state index in [1.165, 1.54) is 7.11 Å². The van der Waals surface area contributed by atoms with Gasteiger partial charge in [0.05, 0.1) is 7.11 Å². The molecule has 0 aliphatic rings. The molecule has 16 heavy (non-hydrogen) atoms. The molecule has 5 heteroatoms. The van der Waals surface area contributed by atoms with Gasteiger partial charge in [0.25, 0.3) is 0 Å². The molecule has 0 saturated carbocycles. The molecule has 1 aromatic rings. The molecule has 88 valence electrons. The number of nitrogens with one attached hydrogen (secondary N) is 1. The minimum absolute atomic E-state index is 0.108. The first-order valence-corrected chi connectivity index (χ1v) is 5.18. The van der Waals surface area contributed by atoms with Gasteiger partial charge < -0.3 is 10.1 Å². The van der Waals surface area contributed by atoms with Crippen molar-refractivity contribution in [1.82, 2.24) is 9.97 Å². The van der Waals surface area contributed by atoms with Crippen LogP contribution in [0.2, 0.25) is 0 Å². The first-order chi connectivity index (χ1) is 7.54. The summed E-state index contributed by atoms with van der Waals surface area (Å²) in [6, 6.07) is 1.38. The van der Waals surface area contributed by atoms with Crippen LogP contribution in [0.3, 0.4) is 0 Å². The number of hydrogen-bond donors (Lipinski definition) is 1. The predicted molar refractivity (Wildman–Crippen MR) is 61.0 cm³/mol. The van der Waals surface area contributed by atoms with E-state index in [4.69, 9.17) is 4.74 Å². The van der Waals surface area contributed by atoms with Crippen LogP contribution < -0.4 is 5.32 Å². The third-order valence-electron chi connectivity index (χ3n) is 2.20. The van der Waals surface area contributed by atoms with Crippen molar-refractivity contribution in [3.05, 3.63) is 18.0 Å².